The number of anilines is 1. The van der Waals surface area contributed by atoms with E-state index in [1.165, 1.54) is 11.7 Å². The van der Waals surface area contributed by atoms with E-state index in [1.807, 2.05) is 18.2 Å². The van der Waals surface area contributed by atoms with E-state index in [9.17, 15) is 9.59 Å². The standard InChI is InChI=1S/C19H24N2O3/c1-5-14-9-7-10-15(6-2)17(14)20-18(22)13(3)21-12-8-11-16(24-4)19(21)23/h7-13H,5-6H2,1-4H3,(H,20,22). The van der Waals surface area contributed by atoms with Crippen LogP contribution in [0.25, 0.3) is 0 Å². The summed E-state index contributed by atoms with van der Waals surface area (Å²) in [7, 11) is 1.44. The van der Waals surface area contributed by atoms with Crippen molar-refractivity contribution in [3.8, 4) is 5.75 Å². The Labute approximate surface area is 142 Å². The molecule has 0 aliphatic carbocycles. The number of methoxy groups -OCH3 is 1. The molecule has 0 radical (unpaired) electrons. The molecule has 0 saturated heterocycles. The maximum atomic E-state index is 12.7. The molecule has 0 spiro atoms. The number of nitrogens with zero attached hydrogens (tertiary/aromatic N) is 1. The molecule has 2 aromatic rings. The van der Waals surface area contributed by atoms with Gasteiger partial charge in [-0.1, -0.05) is 32.0 Å². The molecule has 0 aliphatic heterocycles. The van der Waals surface area contributed by atoms with Crippen molar-refractivity contribution in [1.82, 2.24) is 4.57 Å². The second kappa shape index (κ2) is 7.81. The van der Waals surface area contributed by atoms with Crippen molar-refractivity contribution in [1.29, 1.82) is 0 Å². The Morgan fingerprint density at radius 3 is 2.33 bits per heavy atom. The molecule has 1 aromatic carbocycles. The summed E-state index contributed by atoms with van der Waals surface area (Å²) in [6, 6.07) is 8.67. The Morgan fingerprint density at radius 2 is 1.79 bits per heavy atom. The van der Waals surface area contributed by atoms with Gasteiger partial charge in [-0.3, -0.25) is 9.59 Å². The van der Waals surface area contributed by atoms with Crippen molar-refractivity contribution in [2.45, 2.75) is 39.7 Å². The van der Waals surface area contributed by atoms with E-state index in [0.717, 1.165) is 29.7 Å². The fraction of sp³-hybridized carbons (Fsp3) is 0.368. The Kier molecular flexibility index (Phi) is 5.79. The van der Waals surface area contributed by atoms with Gasteiger partial charge in [-0.2, -0.15) is 0 Å². The van der Waals surface area contributed by atoms with Crippen LogP contribution in [0.5, 0.6) is 5.75 Å². The second-order valence-corrected chi connectivity index (χ2v) is 5.61. The van der Waals surface area contributed by atoms with Crippen LogP contribution < -0.4 is 15.6 Å². The highest BCUT2D eigenvalue weighted by atomic mass is 16.5. The largest absolute Gasteiger partial charge is 0.491 e. The van der Waals surface area contributed by atoms with Crippen molar-refractivity contribution in [3.63, 3.8) is 0 Å². The molecule has 5 heteroatoms. The van der Waals surface area contributed by atoms with Crippen molar-refractivity contribution < 1.29 is 9.53 Å². The molecule has 0 fully saturated rings. The number of aryl methyl sites for hydroxylation is 2. The number of aromatic nitrogens is 1. The summed E-state index contributed by atoms with van der Waals surface area (Å²) >= 11 is 0. The third kappa shape index (κ3) is 3.50. The minimum Gasteiger partial charge on any atom is -0.491 e. The van der Waals surface area contributed by atoms with Crippen molar-refractivity contribution in [2.75, 3.05) is 12.4 Å². The van der Waals surface area contributed by atoms with Gasteiger partial charge in [0.05, 0.1) is 7.11 Å². The van der Waals surface area contributed by atoms with E-state index in [2.05, 4.69) is 19.2 Å². The van der Waals surface area contributed by atoms with Gasteiger partial charge >= 0.3 is 0 Å². The smallest absolute Gasteiger partial charge is 0.293 e. The predicted octanol–water partition coefficient (Wildman–Crippen LogP) is 3.18. The zero-order chi connectivity index (χ0) is 17.7. The summed E-state index contributed by atoms with van der Waals surface area (Å²) in [5, 5.41) is 3.00. The lowest BCUT2D eigenvalue weighted by atomic mass is 10.0. The fourth-order valence-electron chi connectivity index (χ4n) is 2.71. The average Bonchev–Trinajstić information content (AvgIpc) is 2.61. The van der Waals surface area contributed by atoms with E-state index in [1.54, 1.807) is 25.3 Å². The molecule has 1 unspecified atom stereocenters. The van der Waals surface area contributed by atoms with Gasteiger partial charge in [-0.25, -0.2) is 0 Å². The van der Waals surface area contributed by atoms with Gasteiger partial charge in [-0.05, 0) is 43.0 Å². The number of carbonyl (C=O) groups excluding carboxylic acids is 1. The third-order valence-electron chi connectivity index (χ3n) is 4.20. The molecule has 24 heavy (non-hydrogen) atoms. The lowest BCUT2D eigenvalue weighted by Gasteiger charge is -2.19. The normalized spacial score (nSPS) is 11.8. The van der Waals surface area contributed by atoms with Crippen LogP contribution in [0.15, 0.2) is 41.3 Å². The maximum Gasteiger partial charge on any atom is 0.293 e. The highest BCUT2D eigenvalue weighted by molar-refractivity contribution is 5.95. The Morgan fingerprint density at radius 1 is 1.17 bits per heavy atom. The Bertz CT molecular complexity index is 758. The van der Waals surface area contributed by atoms with Crippen LogP contribution in [0.4, 0.5) is 5.69 Å². The minimum absolute atomic E-state index is 0.221. The molecular weight excluding hydrogens is 304 g/mol. The summed E-state index contributed by atoms with van der Waals surface area (Å²) in [4.78, 5) is 25.0. The predicted molar refractivity (Wildman–Crippen MR) is 95.8 cm³/mol. The minimum atomic E-state index is -0.637. The highest BCUT2D eigenvalue weighted by Gasteiger charge is 2.19. The van der Waals surface area contributed by atoms with Gasteiger partial charge in [0.25, 0.3) is 5.56 Å². The SMILES string of the molecule is CCc1cccc(CC)c1NC(=O)C(C)n1cccc(OC)c1=O. The molecule has 0 aliphatic rings. The lowest BCUT2D eigenvalue weighted by molar-refractivity contribution is -0.118. The van der Waals surface area contributed by atoms with Gasteiger partial charge in [0.2, 0.25) is 5.91 Å². The van der Waals surface area contributed by atoms with E-state index in [-0.39, 0.29) is 17.2 Å². The monoisotopic (exact) mass is 328 g/mol. The van der Waals surface area contributed by atoms with Gasteiger partial charge < -0.3 is 14.6 Å². The highest BCUT2D eigenvalue weighted by Crippen LogP contribution is 2.23. The summed E-state index contributed by atoms with van der Waals surface area (Å²) < 4.78 is 6.43. The first-order valence-electron chi connectivity index (χ1n) is 8.20. The van der Waals surface area contributed by atoms with Crippen LogP contribution >= 0.6 is 0 Å². The molecule has 0 saturated carbocycles. The van der Waals surface area contributed by atoms with Crippen molar-refractivity contribution >= 4 is 11.6 Å². The van der Waals surface area contributed by atoms with E-state index in [4.69, 9.17) is 4.74 Å². The first kappa shape index (κ1) is 17.8. The number of ether oxygens (including phenoxy) is 1. The van der Waals surface area contributed by atoms with Crippen LogP contribution in [0.3, 0.4) is 0 Å². The number of pyridine rings is 1. The number of hydrogen-bond donors (Lipinski definition) is 1. The number of rotatable bonds is 6. The van der Waals surface area contributed by atoms with E-state index >= 15 is 0 Å². The van der Waals surface area contributed by atoms with Crippen LogP contribution in [0.2, 0.25) is 0 Å². The summed E-state index contributed by atoms with van der Waals surface area (Å²) in [6.07, 6.45) is 3.26. The zero-order valence-corrected chi connectivity index (χ0v) is 14.6. The number of amides is 1. The number of carbonyl (C=O) groups is 1. The average molecular weight is 328 g/mol. The van der Waals surface area contributed by atoms with Crippen molar-refractivity contribution in [3.05, 3.63) is 58.0 Å². The van der Waals surface area contributed by atoms with Crippen molar-refractivity contribution in [2.24, 2.45) is 0 Å². The van der Waals surface area contributed by atoms with Gasteiger partial charge in [0, 0.05) is 11.9 Å². The zero-order valence-electron chi connectivity index (χ0n) is 14.6. The first-order valence-corrected chi connectivity index (χ1v) is 8.20. The molecule has 5 nitrogen and oxygen atoms in total. The Hall–Kier alpha value is -2.56. The lowest BCUT2D eigenvalue weighted by Crippen LogP contribution is -2.32. The molecule has 1 aromatic heterocycles. The van der Waals surface area contributed by atoms with Crippen LogP contribution in [-0.4, -0.2) is 17.6 Å². The molecule has 0 bridgehead atoms. The summed E-state index contributed by atoms with van der Waals surface area (Å²) in [5.74, 6) is 0.00121. The number of hydrogen-bond acceptors (Lipinski definition) is 3. The number of nitrogens with one attached hydrogen (secondary N) is 1. The molecular formula is C19H24N2O3. The molecule has 1 N–H and O–H groups in total. The number of para-hydroxylation sites is 1. The molecule has 2 rings (SSSR count). The van der Waals surface area contributed by atoms with Crippen LogP contribution in [-0.2, 0) is 17.6 Å². The fourth-order valence-corrected chi connectivity index (χ4v) is 2.71. The molecule has 1 heterocycles. The topological polar surface area (TPSA) is 60.3 Å². The summed E-state index contributed by atoms with van der Waals surface area (Å²) in [5.41, 5.74) is 2.72. The number of benzene rings is 1. The molecule has 1 atom stereocenters. The van der Waals surface area contributed by atoms with Gasteiger partial charge in [0.1, 0.15) is 6.04 Å². The molecule has 128 valence electrons. The maximum absolute atomic E-state index is 12.7. The van der Waals surface area contributed by atoms with Crippen LogP contribution in [0.1, 0.15) is 37.9 Å². The second-order valence-electron chi connectivity index (χ2n) is 5.61. The van der Waals surface area contributed by atoms with Gasteiger partial charge in [-0.15, -0.1) is 0 Å². The summed E-state index contributed by atoms with van der Waals surface area (Å²) in [6.45, 7) is 5.82. The van der Waals surface area contributed by atoms with E-state index in [0.29, 0.717) is 0 Å². The van der Waals surface area contributed by atoms with E-state index < -0.39 is 6.04 Å². The Balaban J connectivity index is 2.33. The molecule has 1 amide bonds. The first-order chi connectivity index (χ1) is 11.5. The third-order valence-corrected chi connectivity index (χ3v) is 4.20. The quantitative estimate of drug-likeness (QED) is 0.886. The van der Waals surface area contributed by atoms with Gasteiger partial charge in [0.15, 0.2) is 5.75 Å². The van der Waals surface area contributed by atoms with Crippen LogP contribution in [0, 0.1) is 0 Å².